The van der Waals surface area contributed by atoms with Gasteiger partial charge in [-0.05, 0) is 46.4 Å². The molecule has 0 saturated heterocycles. The maximum Gasteiger partial charge on any atom is 0.343 e. The molecule has 0 atom stereocenters. The Balaban J connectivity index is 1.26. The van der Waals surface area contributed by atoms with Gasteiger partial charge in [0.05, 0.1) is 12.1 Å². The molecular formula is C28H30N4O5. The highest BCUT2D eigenvalue weighted by Crippen LogP contribution is 2.37. The summed E-state index contributed by atoms with van der Waals surface area (Å²) in [5.41, 5.74) is 3.83. The molecule has 3 aromatic carbocycles. The molecule has 0 radical (unpaired) electrons. The Bertz CT molecular complexity index is 1460. The van der Waals surface area contributed by atoms with Crippen LogP contribution >= 0.6 is 0 Å². The number of aromatic hydroxyl groups is 2. The van der Waals surface area contributed by atoms with Gasteiger partial charge in [-0.15, -0.1) is 0 Å². The lowest BCUT2D eigenvalue weighted by atomic mass is 9.98. The molecule has 9 heteroatoms. The van der Waals surface area contributed by atoms with Crippen molar-refractivity contribution in [3.8, 4) is 34.4 Å². The average Bonchev–Trinajstić information content (AvgIpc) is 3.24. The Morgan fingerprint density at radius 2 is 1.59 bits per heavy atom. The van der Waals surface area contributed by atoms with Gasteiger partial charge in [0.25, 0.3) is 0 Å². The second-order valence-electron chi connectivity index (χ2n) is 9.42. The van der Waals surface area contributed by atoms with E-state index in [1.165, 1.54) is 10.6 Å². The summed E-state index contributed by atoms with van der Waals surface area (Å²) in [6.07, 6.45) is 0. The van der Waals surface area contributed by atoms with Crippen molar-refractivity contribution in [3.63, 3.8) is 0 Å². The SMILES string of the molecule is CC(C)c1cc(-c2n[nH]c(=O)n2Cc2ccc(CNCc3ccc4c(c3)OCCO4)cc2)c(O)cc1O. The van der Waals surface area contributed by atoms with E-state index >= 15 is 0 Å². The van der Waals surface area contributed by atoms with Crippen LogP contribution in [0, 0.1) is 0 Å². The quantitative estimate of drug-likeness (QED) is 0.288. The molecule has 1 aromatic heterocycles. The lowest BCUT2D eigenvalue weighted by Crippen LogP contribution is -2.18. The topological polar surface area (TPSA) is 122 Å². The maximum atomic E-state index is 12.5. The lowest BCUT2D eigenvalue weighted by Gasteiger charge is -2.19. The van der Waals surface area contributed by atoms with E-state index in [0.717, 1.165) is 28.2 Å². The van der Waals surface area contributed by atoms with E-state index in [0.29, 0.717) is 43.3 Å². The van der Waals surface area contributed by atoms with Crippen LogP contribution in [0.3, 0.4) is 0 Å². The summed E-state index contributed by atoms with van der Waals surface area (Å²) in [5, 5.41) is 30.7. The van der Waals surface area contributed by atoms with Gasteiger partial charge in [-0.3, -0.25) is 4.57 Å². The molecular weight excluding hydrogens is 472 g/mol. The van der Waals surface area contributed by atoms with Crippen LogP contribution in [0.25, 0.3) is 11.4 Å². The minimum Gasteiger partial charge on any atom is -0.508 e. The zero-order valence-corrected chi connectivity index (χ0v) is 20.8. The number of fused-ring (bicyclic) bond motifs is 1. The van der Waals surface area contributed by atoms with Crippen molar-refractivity contribution < 1.29 is 19.7 Å². The number of benzene rings is 3. The molecule has 0 bridgehead atoms. The van der Waals surface area contributed by atoms with Crippen molar-refractivity contribution >= 4 is 0 Å². The Morgan fingerprint density at radius 3 is 2.35 bits per heavy atom. The van der Waals surface area contributed by atoms with Crippen molar-refractivity contribution in [2.24, 2.45) is 0 Å². The summed E-state index contributed by atoms with van der Waals surface area (Å²) in [4.78, 5) is 12.5. The summed E-state index contributed by atoms with van der Waals surface area (Å²) >= 11 is 0. The van der Waals surface area contributed by atoms with Gasteiger partial charge in [0.1, 0.15) is 24.7 Å². The van der Waals surface area contributed by atoms with Crippen molar-refractivity contribution in [1.82, 2.24) is 20.1 Å². The number of phenols is 2. The molecule has 0 fully saturated rings. The molecule has 37 heavy (non-hydrogen) atoms. The zero-order chi connectivity index (χ0) is 25.9. The number of nitrogens with zero attached hydrogens (tertiary/aromatic N) is 2. The Labute approximate surface area is 214 Å². The summed E-state index contributed by atoms with van der Waals surface area (Å²) in [6.45, 7) is 6.70. The third-order valence-corrected chi connectivity index (χ3v) is 6.39. The number of aromatic amines is 1. The van der Waals surface area contributed by atoms with E-state index in [2.05, 4.69) is 15.5 Å². The molecule has 0 aliphatic carbocycles. The van der Waals surface area contributed by atoms with Crippen LogP contribution < -0.4 is 20.5 Å². The summed E-state index contributed by atoms with van der Waals surface area (Å²) in [7, 11) is 0. The van der Waals surface area contributed by atoms with Crippen LogP contribution in [0.2, 0.25) is 0 Å². The van der Waals surface area contributed by atoms with Gasteiger partial charge >= 0.3 is 5.69 Å². The van der Waals surface area contributed by atoms with Crippen molar-refractivity contribution in [2.45, 2.75) is 39.4 Å². The second-order valence-corrected chi connectivity index (χ2v) is 9.42. The first kappa shape index (κ1) is 24.5. The van der Waals surface area contributed by atoms with E-state index in [1.807, 2.05) is 56.3 Å². The number of aromatic nitrogens is 3. The minimum absolute atomic E-state index is 0.0128. The summed E-state index contributed by atoms with van der Waals surface area (Å²) < 4.78 is 12.7. The largest absolute Gasteiger partial charge is 0.508 e. The molecule has 9 nitrogen and oxygen atoms in total. The fourth-order valence-corrected chi connectivity index (χ4v) is 4.40. The number of ether oxygens (including phenoxy) is 2. The highest BCUT2D eigenvalue weighted by Gasteiger charge is 2.19. The predicted octanol–water partition coefficient (Wildman–Crippen LogP) is 3.88. The Hall–Kier alpha value is -4.24. The second kappa shape index (κ2) is 10.4. The highest BCUT2D eigenvalue weighted by atomic mass is 16.6. The highest BCUT2D eigenvalue weighted by molar-refractivity contribution is 5.67. The molecule has 2 heterocycles. The van der Waals surface area contributed by atoms with Gasteiger partial charge < -0.3 is 25.0 Å². The van der Waals surface area contributed by atoms with Gasteiger partial charge in [-0.25, -0.2) is 9.89 Å². The van der Waals surface area contributed by atoms with Gasteiger partial charge in [0.2, 0.25) is 0 Å². The minimum atomic E-state index is -0.376. The van der Waals surface area contributed by atoms with Gasteiger partial charge in [0.15, 0.2) is 17.3 Å². The molecule has 0 unspecified atom stereocenters. The normalized spacial score (nSPS) is 12.7. The third-order valence-electron chi connectivity index (χ3n) is 6.39. The Kier molecular flexibility index (Phi) is 6.87. The smallest absolute Gasteiger partial charge is 0.343 e. The molecule has 0 spiro atoms. The van der Waals surface area contributed by atoms with Crippen LogP contribution in [0.4, 0.5) is 0 Å². The number of phenolic OH excluding ortho intramolecular Hbond substituents is 2. The maximum absolute atomic E-state index is 12.5. The van der Waals surface area contributed by atoms with Crippen LogP contribution in [0.5, 0.6) is 23.0 Å². The first-order valence-electron chi connectivity index (χ1n) is 12.3. The molecule has 1 aliphatic heterocycles. The number of H-pyrrole nitrogens is 1. The fourth-order valence-electron chi connectivity index (χ4n) is 4.40. The molecule has 1 aliphatic rings. The van der Waals surface area contributed by atoms with E-state index < -0.39 is 0 Å². The molecule has 192 valence electrons. The van der Waals surface area contributed by atoms with Crippen LogP contribution in [-0.4, -0.2) is 38.2 Å². The van der Waals surface area contributed by atoms with Gasteiger partial charge in [-0.2, -0.15) is 5.10 Å². The van der Waals surface area contributed by atoms with E-state index in [1.54, 1.807) is 6.07 Å². The number of hydrogen-bond donors (Lipinski definition) is 4. The summed E-state index contributed by atoms with van der Waals surface area (Å²) in [6, 6.07) is 16.9. The molecule has 4 aromatic rings. The van der Waals surface area contributed by atoms with E-state index in [9.17, 15) is 15.0 Å². The molecule has 4 N–H and O–H groups in total. The van der Waals surface area contributed by atoms with Gasteiger partial charge in [0, 0.05) is 19.2 Å². The standard InChI is InChI=1S/C28H30N4O5/c1-17(2)21-12-22(24(34)13-23(21)33)27-30-31-28(35)32(27)16-19-5-3-18(4-6-19)14-29-15-20-7-8-25-26(11-20)37-10-9-36-25/h3-8,11-13,17,29,33-34H,9-10,14-16H2,1-2H3,(H,31,35). The van der Waals surface area contributed by atoms with Crippen LogP contribution in [0.15, 0.2) is 59.4 Å². The third kappa shape index (κ3) is 5.31. The van der Waals surface area contributed by atoms with Crippen LogP contribution in [-0.2, 0) is 19.6 Å². The van der Waals surface area contributed by atoms with Crippen molar-refractivity contribution in [1.29, 1.82) is 0 Å². The van der Waals surface area contributed by atoms with Gasteiger partial charge in [-0.1, -0.05) is 44.2 Å². The van der Waals surface area contributed by atoms with Crippen molar-refractivity contribution in [2.75, 3.05) is 13.2 Å². The van der Waals surface area contributed by atoms with E-state index in [-0.39, 0.29) is 29.7 Å². The fraction of sp³-hybridized carbons (Fsp3) is 0.286. The predicted molar refractivity (Wildman–Crippen MR) is 139 cm³/mol. The van der Waals surface area contributed by atoms with Crippen LogP contribution in [0.1, 0.15) is 42.0 Å². The average molecular weight is 503 g/mol. The number of rotatable bonds is 8. The zero-order valence-electron chi connectivity index (χ0n) is 20.8. The Morgan fingerprint density at radius 1 is 0.919 bits per heavy atom. The molecule has 5 rings (SSSR count). The number of nitrogens with one attached hydrogen (secondary N) is 2. The lowest BCUT2D eigenvalue weighted by molar-refractivity contribution is 0.171. The monoisotopic (exact) mass is 502 g/mol. The first-order chi connectivity index (χ1) is 17.9. The first-order valence-corrected chi connectivity index (χ1v) is 12.3. The molecule has 0 saturated carbocycles. The number of hydrogen-bond acceptors (Lipinski definition) is 7. The van der Waals surface area contributed by atoms with Crippen molar-refractivity contribution in [3.05, 3.63) is 87.3 Å². The van der Waals surface area contributed by atoms with E-state index in [4.69, 9.17) is 9.47 Å². The molecule has 0 amide bonds. The summed E-state index contributed by atoms with van der Waals surface area (Å²) in [5.74, 6) is 1.79.